The van der Waals surface area contributed by atoms with E-state index in [-0.39, 0.29) is 6.54 Å². The molecule has 2 aromatic rings. The highest BCUT2D eigenvalue weighted by molar-refractivity contribution is 5.69. The van der Waals surface area contributed by atoms with Crippen molar-refractivity contribution >= 4 is 5.97 Å². The van der Waals surface area contributed by atoms with Crippen LogP contribution in [-0.2, 0) is 4.79 Å². The van der Waals surface area contributed by atoms with Crippen molar-refractivity contribution in [3.8, 4) is 0 Å². The second-order valence-corrected chi connectivity index (χ2v) is 6.06. The third-order valence-corrected chi connectivity index (χ3v) is 4.31. The van der Waals surface area contributed by atoms with Gasteiger partial charge in [-0.15, -0.1) is 0 Å². The predicted octanol–water partition coefficient (Wildman–Crippen LogP) is 2.08. The number of rotatable bonds is 10. The van der Waals surface area contributed by atoms with Crippen LogP contribution in [0.5, 0.6) is 0 Å². The molecule has 6 heteroatoms. The molecule has 0 heterocycles. The van der Waals surface area contributed by atoms with Crippen LogP contribution in [0.3, 0.4) is 0 Å². The largest absolute Gasteiger partial charge is 0.480 e. The lowest BCUT2D eigenvalue weighted by Crippen LogP contribution is -2.41. The van der Waals surface area contributed by atoms with E-state index in [1.165, 1.54) is 4.90 Å². The molecule has 0 saturated carbocycles. The van der Waals surface area contributed by atoms with E-state index >= 15 is 0 Å². The maximum atomic E-state index is 11.2. The van der Waals surface area contributed by atoms with Gasteiger partial charge in [-0.05, 0) is 17.7 Å². The van der Waals surface area contributed by atoms with Crippen molar-refractivity contribution < 1.29 is 20.1 Å². The molecule has 2 aromatic carbocycles. The molecule has 0 radical (unpaired) electrons. The van der Waals surface area contributed by atoms with Gasteiger partial charge in [-0.3, -0.25) is 14.6 Å². The first-order chi connectivity index (χ1) is 12.5. The molecular formula is C20H26N2O4. The maximum Gasteiger partial charge on any atom is 0.317 e. The quantitative estimate of drug-likeness (QED) is 0.564. The highest BCUT2D eigenvalue weighted by Gasteiger charge is 2.23. The van der Waals surface area contributed by atoms with Crippen molar-refractivity contribution in [2.75, 3.05) is 26.2 Å². The zero-order valence-corrected chi connectivity index (χ0v) is 14.9. The lowest BCUT2D eigenvalue weighted by Gasteiger charge is -2.32. The average molecular weight is 358 g/mol. The van der Waals surface area contributed by atoms with Crippen molar-refractivity contribution in [1.82, 2.24) is 9.80 Å². The molecule has 0 aromatic heterocycles. The number of nitrogens with zero attached hydrogens (tertiary/aromatic N) is 2. The average Bonchev–Trinajstić information content (AvgIpc) is 2.67. The van der Waals surface area contributed by atoms with Gasteiger partial charge in [0.15, 0.2) is 0 Å². The Bertz CT molecular complexity index is 666. The monoisotopic (exact) mass is 358 g/mol. The number of hydrogen-bond donors (Lipinski definition) is 3. The fourth-order valence-electron chi connectivity index (χ4n) is 2.84. The summed E-state index contributed by atoms with van der Waals surface area (Å²) in [5.41, 5.74) is 1.42. The molecule has 0 bridgehead atoms. The molecule has 140 valence electrons. The predicted molar refractivity (Wildman–Crippen MR) is 99.3 cm³/mol. The normalized spacial score (nSPS) is 13.7. The second-order valence-electron chi connectivity index (χ2n) is 6.06. The molecule has 3 N–H and O–H groups in total. The van der Waals surface area contributed by atoms with Crippen LogP contribution < -0.4 is 0 Å². The Hall–Kier alpha value is -2.25. The molecule has 6 nitrogen and oxygen atoms in total. The Labute approximate surface area is 153 Å². The summed E-state index contributed by atoms with van der Waals surface area (Å²) in [6.45, 7) is 2.97. The zero-order chi connectivity index (χ0) is 18.9. The van der Waals surface area contributed by atoms with E-state index in [0.29, 0.717) is 25.2 Å². The lowest BCUT2D eigenvalue weighted by atomic mass is 10.1. The van der Waals surface area contributed by atoms with Crippen LogP contribution in [0.25, 0.3) is 0 Å². The van der Waals surface area contributed by atoms with E-state index in [9.17, 15) is 20.1 Å². The molecule has 2 atom stereocenters. The number of carbonyl (C=O) groups is 1. The molecule has 0 fully saturated rings. The number of benzene rings is 2. The van der Waals surface area contributed by atoms with E-state index in [4.69, 9.17) is 0 Å². The van der Waals surface area contributed by atoms with E-state index in [0.717, 1.165) is 5.56 Å². The Morgan fingerprint density at radius 3 is 1.69 bits per heavy atom. The first-order valence-electron chi connectivity index (χ1n) is 8.68. The van der Waals surface area contributed by atoms with Gasteiger partial charge in [0, 0.05) is 13.1 Å². The van der Waals surface area contributed by atoms with Gasteiger partial charge in [0.25, 0.3) is 0 Å². The minimum absolute atomic E-state index is 0.283. The number of carboxylic acids is 1. The molecule has 0 amide bonds. The molecule has 0 aliphatic rings. The molecule has 26 heavy (non-hydrogen) atoms. The number of hydrogen-bond acceptors (Lipinski definition) is 5. The highest BCUT2D eigenvalue weighted by Crippen LogP contribution is 2.20. The van der Waals surface area contributed by atoms with Gasteiger partial charge in [0.05, 0.1) is 6.54 Å². The maximum absolute atomic E-state index is 11.2. The number of carboxylic acid groups (broad SMARTS) is 1. The third-order valence-electron chi connectivity index (χ3n) is 4.31. The van der Waals surface area contributed by atoms with Crippen molar-refractivity contribution in [3.63, 3.8) is 0 Å². The molecule has 2 unspecified atom stereocenters. The summed E-state index contributed by atoms with van der Waals surface area (Å²) in [6, 6.07) is 18.3. The van der Waals surface area contributed by atoms with Gasteiger partial charge < -0.3 is 15.3 Å². The van der Waals surface area contributed by atoms with Crippen LogP contribution in [0.15, 0.2) is 60.7 Å². The van der Waals surface area contributed by atoms with Gasteiger partial charge in [-0.25, -0.2) is 0 Å². The summed E-state index contributed by atoms with van der Waals surface area (Å²) in [4.78, 5) is 14.5. The van der Waals surface area contributed by atoms with Crippen LogP contribution in [0.4, 0.5) is 0 Å². The van der Waals surface area contributed by atoms with Crippen LogP contribution >= 0.6 is 0 Å². The molecular weight excluding hydrogens is 332 g/mol. The topological polar surface area (TPSA) is 84.2 Å². The smallest absolute Gasteiger partial charge is 0.317 e. The summed E-state index contributed by atoms with van der Waals surface area (Å²) in [6.07, 6.45) is -1.79. The number of aliphatic hydroxyl groups excluding tert-OH is 2. The van der Waals surface area contributed by atoms with Crippen molar-refractivity contribution in [3.05, 3.63) is 71.8 Å². The molecule has 0 aliphatic heterocycles. The fraction of sp³-hybridized carbons (Fsp3) is 0.350. The standard InChI is InChI=1S/C20H26N2O4/c1-2-21(19(25)16-9-5-3-6-10-16)13-14-22(15-18(23)24)20(26)17-11-7-4-8-12-17/h3-12,19-20,25-26H,2,13-15H2,1H3,(H,23,24). The van der Waals surface area contributed by atoms with E-state index < -0.39 is 18.4 Å². The van der Waals surface area contributed by atoms with Crippen LogP contribution in [0.2, 0.25) is 0 Å². The molecule has 0 aliphatic carbocycles. The SMILES string of the molecule is CCN(CCN(CC(=O)O)C(O)c1ccccc1)C(O)c1ccccc1. The summed E-state index contributed by atoms with van der Waals surface area (Å²) >= 11 is 0. The Morgan fingerprint density at radius 1 is 0.846 bits per heavy atom. The van der Waals surface area contributed by atoms with Crippen LogP contribution in [-0.4, -0.2) is 57.3 Å². The van der Waals surface area contributed by atoms with Crippen molar-refractivity contribution in [2.24, 2.45) is 0 Å². The molecule has 2 rings (SSSR count). The van der Waals surface area contributed by atoms with Gasteiger partial charge in [-0.2, -0.15) is 0 Å². The van der Waals surface area contributed by atoms with E-state index in [2.05, 4.69) is 0 Å². The van der Waals surface area contributed by atoms with Gasteiger partial charge in [-0.1, -0.05) is 67.6 Å². The van der Waals surface area contributed by atoms with E-state index in [1.54, 1.807) is 24.3 Å². The fourth-order valence-corrected chi connectivity index (χ4v) is 2.84. The van der Waals surface area contributed by atoms with Gasteiger partial charge in [0.2, 0.25) is 0 Å². The Kier molecular flexibility index (Phi) is 7.74. The summed E-state index contributed by atoms with van der Waals surface area (Å²) in [5.74, 6) is -1.01. The van der Waals surface area contributed by atoms with Crippen molar-refractivity contribution in [1.29, 1.82) is 0 Å². The summed E-state index contributed by atoms with van der Waals surface area (Å²) < 4.78 is 0. The van der Waals surface area contributed by atoms with Crippen molar-refractivity contribution in [2.45, 2.75) is 19.4 Å². The first kappa shape index (κ1) is 20.1. The second kappa shape index (κ2) is 10.0. The van der Waals surface area contributed by atoms with Gasteiger partial charge >= 0.3 is 5.97 Å². The van der Waals surface area contributed by atoms with Crippen LogP contribution in [0, 0.1) is 0 Å². The molecule has 0 saturated heterocycles. The number of aliphatic carboxylic acids is 1. The summed E-state index contributed by atoms with van der Waals surface area (Å²) in [5, 5.41) is 30.3. The van der Waals surface area contributed by atoms with Crippen LogP contribution in [0.1, 0.15) is 30.5 Å². The minimum atomic E-state index is -1.01. The van der Waals surface area contributed by atoms with Gasteiger partial charge in [0.1, 0.15) is 12.5 Å². The zero-order valence-electron chi connectivity index (χ0n) is 14.9. The number of aliphatic hydroxyl groups is 2. The van der Waals surface area contributed by atoms with E-state index in [1.807, 2.05) is 48.2 Å². The number of likely N-dealkylation sites (N-methyl/N-ethyl adjacent to an activating group) is 1. The summed E-state index contributed by atoms with van der Waals surface area (Å²) in [7, 11) is 0. The molecule has 0 spiro atoms. The lowest BCUT2D eigenvalue weighted by molar-refractivity contribution is -0.142. The Balaban J connectivity index is 2.06. The first-order valence-corrected chi connectivity index (χ1v) is 8.68. The Morgan fingerprint density at radius 2 is 1.27 bits per heavy atom. The third kappa shape index (κ3) is 5.64. The minimum Gasteiger partial charge on any atom is -0.480 e. The highest BCUT2D eigenvalue weighted by atomic mass is 16.4.